The number of hydrogen-bond donors (Lipinski definition) is 1. The number of likely N-dealkylation sites (tertiary alicyclic amines) is 1. The molecule has 0 spiro atoms. The van der Waals surface area contributed by atoms with Gasteiger partial charge in [-0.2, -0.15) is 0 Å². The lowest BCUT2D eigenvalue weighted by Gasteiger charge is -2.31. The van der Waals surface area contributed by atoms with E-state index in [1.165, 1.54) is 11.1 Å². The van der Waals surface area contributed by atoms with Crippen molar-refractivity contribution in [3.05, 3.63) is 77.5 Å². The van der Waals surface area contributed by atoms with E-state index in [9.17, 15) is 4.79 Å². The summed E-state index contributed by atoms with van der Waals surface area (Å²) in [6.07, 6.45) is 9.74. The molecule has 23 heavy (non-hydrogen) atoms. The molecule has 120 valence electrons. The summed E-state index contributed by atoms with van der Waals surface area (Å²) < 4.78 is 0. The Morgan fingerprint density at radius 1 is 1.17 bits per heavy atom. The molecule has 2 rings (SSSR count). The van der Waals surface area contributed by atoms with Crippen LogP contribution in [-0.4, -0.2) is 29.1 Å². The highest BCUT2D eigenvalue weighted by atomic mass is 16.4. The maximum Gasteiger partial charge on any atom is 0.335 e. The van der Waals surface area contributed by atoms with E-state index in [0.717, 1.165) is 31.6 Å². The fourth-order valence-corrected chi connectivity index (χ4v) is 2.62. The van der Waals surface area contributed by atoms with Gasteiger partial charge in [0, 0.05) is 18.8 Å². The van der Waals surface area contributed by atoms with E-state index in [1.807, 2.05) is 25.1 Å². The van der Waals surface area contributed by atoms with Crippen LogP contribution in [0.25, 0.3) is 6.08 Å². The third-order valence-corrected chi connectivity index (χ3v) is 3.97. The zero-order valence-corrected chi connectivity index (χ0v) is 13.5. The fraction of sp³-hybridized carbons (Fsp3) is 0.250. The maximum atomic E-state index is 10.8. The Balaban J connectivity index is 1.96. The first-order valence-corrected chi connectivity index (χ1v) is 7.86. The molecule has 0 radical (unpaired) electrons. The van der Waals surface area contributed by atoms with Crippen molar-refractivity contribution < 1.29 is 9.90 Å². The minimum absolute atomic E-state index is 0.103. The smallest absolute Gasteiger partial charge is 0.335 e. The monoisotopic (exact) mass is 309 g/mol. The van der Waals surface area contributed by atoms with Crippen LogP contribution in [0.1, 0.15) is 25.3 Å². The van der Waals surface area contributed by atoms with Crippen LogP contribution in [-0.2, 0) is 4.79 Å². The van der Waals surface area contributed by atoms with Gasteiger partial charge in [0.25, 0.3) is 0 Å². The quantitative estimate of drug-likeness (QED) is 0.652. The van der Waals surface area contributed by atoms with Gasteiger partial charge in [-0.05, 0) is 37.5 Å². The summed E-state index contributed by atoms with van der Waals surface area (Å²) in [4.78, 5) is 13.1. The molecule has 1 fully saturated rings. The molecule has 1 aromatic carbocycles. The van der Waals surface area contributed by atoms with E-state index in [-0.39, 0.29) is 5.57 Å². The Morgan fingerprint density at radius 2 is 1.83 bits per heavy atom. The van der Waals surface area contributed by atoms with Crippen molar-refractivity contribution in [1.29, 1.82) is 0 Å². The third-order valence-electron chi connectivity index (χ3n) is 3.97. The normalized spacial score (nSPS) is 15.8. The van der Waals surface area contributed by atoms with Gasteiger partial charge in [0.1, 0.15) is 0 Å². The van der Waals surface area contributed by atoms with Crippen molar-refractivity contribution in [1.82, 2.24) is 4.90 Å². The summed E-state index contributed by atoms with van der Waals surface area (Å²) in [5.74, 6) is -0.983. The van der Waals surface area contributed by atoms with Gasteiger partial charge in [-0.1, -0.05) is 54.6 Å². The predicted octanol–water partition coefficient (Wildman–Crippen LogP) is 4.27. The van der Waals surface area contributed by atoms with E-state index >= 15 is 0 Å². The summed E-state index contributed by atoms with van der Waals surface area (Å²) in [6, 6.07) is 10.4. The highest BCUT2D eigenvalue weighted by Crippen LogP contribution is 2.22. The number of carbonyl (C=O) groups is 1. The SMILES string of the molecule is C=C(/C=C\C(=C/C)N1CCC(=Cc2ccccc2)CC1)C(=O)O. The van der Waals surface area contributed by atoms with Crippen LogP contribution in [0, 0.1) is 0 Å². The number of benzene rings is 1. The van der Waals surface area contributed by atoms with Crippen molar-refractivity contribution in [2.24, 2.45) is 0 Å². The van der Waals surface area contributed by atoms with Crippen LogP contribution in [0.3, 0.4) is 0 Å². The average Bonchev–Trinajstić information content (AvgIpc) is 2.57. The zero-order valence-electron chi connectivity index (χ0n) is 13.5. The largest absolute Gasteiger partial charge is 0.478 e. The first kappa shape index (κ1) is 16.8. The Hall–Kier alpha value is -2.55. The van der Waals surface area contributed by atoms with Crippen LogP contribution in [0.4, 0.5) is 0 Å². The number of hydrogen-bond acceptors (Lipinski definition) is 2. The van der Waals surface area contributed by atoms with Gasteiger partial charge in [0.15, 0.2) is 0 Å². The maximum absolute atomic E-state index is 10.8. The number of carboxylic acids is 1. The molecule has 3 nitrogen and oxygen atoms in total. The summed E-state index contributed by atoms with van der Waals surface area (Å²) in [5, 5.41) is 8.86. The summed E-state index contributed by atoms with van der Waals surface area (Å²) in [5.41, 5.74) is 3.86. The van der Waals surface area contributed by atoms with Gasteiger partial charge in [0.2, 0.25) is 0 Å². The Labute approximate surface area is 137 Å². The lowest BCUT2D eigenvalue weighted by atomic mass is 10.0. The molecule has 1 N–H and O–H groups in total. The molecular formula is C20H23NO2. The van der Waals surface area contributed by atoms with Crippen LogP contribution >= 0.6 is 0 Å². The second-order valence-electron chi connectivity index (χ2n) is 5.58. The van der Waals surface area contributed by atoms with Crippen molar-refractivity contribution in [2.45, 2.75) is 19.8 Å². The van der Waals surface area contributed by atoms with Gasteiger partial charge < -0.3 is 10.0 Å². The third kappa shape index (κ3) is 4.99. The van der Waals surface area contributed by atoms with E-state index < -0.39 is 5.97 Å². The molecule has 0 bridgehead atoms. The van der Waals surface area contributed by atoms with E-state index in [1.54, 1.807) is 6.08 Å². The van der Waals surface area contributed by atoms with E-state index in [4.69, 9.17) is 5.11 Å². The molecule has 0 aliphatic carbocycles. The Morgan fingerprint density at radius 3 is 2.39 bits per heavy atom. The number of allylic oxidation sites excluding steroid dienone is 2. The van der Waals surface area contributed by atoms with Gasteiger partial charge in [-0.15, -0.1) is 0 Å². The summed E-state index contributed by atoms with van der Waals surface area (Å²) >= 11 is 0. The molecule has 1 aliphatic rings. The van der Waals surface area contributed by atoms with Gasteiger partial charge >= 0.3 is 5.97 Å². The molecule has 0 amide bonds. The molecule has 1 aromatic rings. The molecule has 1 aliphatic heterocycles. The number of rotatable bonds is 5. The zero-order chi connectivity index (χ0) is 16.7. The van der Waals surface area contributed by atoms with Crippen LogP contribution in [0.2, 0.25) is 0 Å². The molecule has 3 heteroatoms. The number of aliphatic carboxylic acids is 1. The fourth-order valence-electron chi connectivity index (χ4n) is 2.62. The second-order valence-corrected chi connectivity index (χ2v) is 5.58. The Bertz CT molecular complexity index is 643. The van der Waals surface area contributed by atoms with Gasteiger partial charge in [-0.3, -0.25) is 0 Å². The molecule has 1 heterocycles. The van der Waals surface area contributed by atoms with Gasteiger partial charge in [0.05, 0.1) is 5.57 Å². The summed E-state index contributed by atoms with van der Waals surface area (Å²) in [7, 11) is 0. The summed E-state index contributed by atoms with van der Waals surface area (Å²) in [6.45, 7) is 7.39. The second kappa shape index (κ2) is 8.18. The van der Waals surface area contributed by atoms with Crippen molar-refractivity contribution in [3.63, 3.8) is 0 Å². The van der Waals surface area contributed by atoms with E-state index in [0.29, 0.717) is 0 Å². The lowest BCUT2D eigenvalue weighted by Crippen LogP contribution is -2.29. The standard InChI is InChI=1S/C20H23NO2/c1-3-19(10-9-16(2)20(22)23)21-13-11-18(12-14-21)15-17-7-5-4-6-8-17/h3-10,15H,2,11-14H2,1H3,(H,22,23)/b10-9-,19-3+. The van der Waals surface area contributed by atoms with Crippen LogP contribution in [0.15, 0.2) is 72.0 Å². The van der Waals surface area contributed by atoms with Crippen molar-refractivity contribution in [3.8, 4) is 0 Å². The molecule has 1 saturated heterocycles. The van der Waals surface area contributed by atoms with Crippen LogP contribution < -0.4 is 0 Å². The van der Waals surface area contributed by atoms with Crippen LogP contribution in [0.5, 0.6) is 0 Å². The highest BCUT2D eigenvalue weighted by Gasteiger charge is 2.14. The Kier molecular flexibility index (Phi) is 5.98. The minimum Gasteiger partial charge on any atom is -0.478 e. The minimum atomic E-state index is -0.983. The molecule has 0 saturated carbocycles. The van der Waals surface area contributed by atoms with Gasteiger partial charge in [-0.25, -0.2) is 4.79 Å². The number of piperidine rings is 1. The predicted molar refractivity (Wildman–Crippen MR) is 94.9 cm³/mol. The van der Waals surface area contributed by atoms with Crippen molar-refractivity contribution >= 4 is 12.0 Å². The topological polar surface area (TPSA) is 40.5 Å². The molecular weight excluding hydrogens is 286 g/mol. The van der Waals surface area contributed by atoms with E-state index in [2.05, 4.69) is 41.8 Å². The number of nitrogens with zero attached hydrogens (tertiary/aromatic N) is 1. The number of carboxylic acid groups (broad SMARTS) is 1. The average molecular weight is 309 g/mol. The lowest BCUT2D eigenvalue weighted by molar-refractivity contribution is -0.132. The van der Waals surface area contributed by atoms with Crippen molar-refractivity contribution in [2.75, 3.05) is 13.1 Å². The highest BCUT2D eigenvalue weighted by molar-refractivity contribution is 5.89. The molecule has 0 aromatic heterocycles. The first-order chi connectivity index (χ1) is 11.1. The first-order valence-electron chi connectivity index (χ1n) is 7.86. The molecule has 0 unspecified atom stereocenters. The molecule has 0 atom stereocenters.